The smallest absolute Gasteiger partial charge is 0.329 e. The molecule has 6 heteroatoms. The number of carbonyl (C=O) groups is 2. The number of carboxylic acids is 1. The maximum Gasteiger partial charge on any atom is 0.329 e. The van der Waals surface area contributed by atoms with Crippen molar-refractivity contribution in [3.63, 3.8) is 0 Å². The average molecular weight is 286 g/mol. The molecule has 0 aromatic carbocycles. The third kappa shape index (κ3) is 3.23. The van der Waals surface area contributed by atoms with Crippen LogP contribution in [-0.2, 0) is 9.53 Å². The fourth-order valence-electron chi connectivity index (χ4n) is 2.46. The molecule has 116 valence electrons. The van der Waals surface area contributed by atoms with Crippen molar-refractivity contribution in [1.82, 2.24) is 9.80 Å². The van der Waals surface area contributed by atoms with Gasteiger partial charge in [-0.3, -0.25) is 0 Å². The molecule has 0 saturated carbocycles. The molecule has 0 aromatic heterocycles. The van der Waals surface area contributed by atoms with Crippen LogP contribution >= 0.6 is 0 Å². The van der Waals surface area contributed by atoms with Crippen LogP contribution in [0.25, 0.3) is 0 Å². The average Bonchev–Trinajstić information content (AvgIpc) is 2.38. The van der Waals surface area contributed by atoms with E-state index in [2.05, 4.69) is 0 Å². The van der Waals surface area contributed by atoms with Crippen molar-refractivity contribution in [2.45, 2.75) is 58.7 Å². The minimum Gasteiger partial charge on any atom is -0.480 e. The molecule has 6 nitrogen and oxygen atoms in total. The predicted octanol–water partition coefficient (Wildman–Crippen LogP) is 1.79. The summed E-state index contributed by atoms with van der Waals surface area (Å²) in [4.78, 5) is 27.3. The SMILES string of the molecule is CCC1COC(C)CN1C(=O)N(CC)C(C)(C)C(=O)O. The molecule has 1 aliphatic heterocycles. The van der Waals surface area contributed by atoms with Crippen LogP contribution in [0.4, 0.5) is 4.79 Å². The van der Waals surface area contributed by atoms with Crippen molar-refractivity contribution in [3.05, 3.63) is 0 Å². The van der Waals surface area contributed by atoms with Gasteiger partial charge in [-0.25, -0.2) is 9.59 Å². The Hall–Kier alpha value is -1.30. The van der Waals surface area contributed by atoms with E-state index in [1.165, 1.54) is 4.90 Å². The van der Waals surface area contributed by atoms with E-state index in [1.807, 2.05) is 13.8 Å². The highest BCUT2D eigenvalue weighted by Crippen LogP contribution is 2.22. The second kappa shape index (κ2) is 6.43. The largest absolute Gasteiger partial charge is 0.480 e. The van der Waals surface area contributed by atoms with E-state index < -0.39 is 11.5 Å². The summed E-state index contributed by atoms with van der Waals surface area (Å²) in [6.45, 7) is 10.2. The Labute approximate surface area is 120 Å². The van der Waals surface area contributed by atoms with Crippen molar-refractivity contribution >= 4 is 12.0 Å². The van der Waals surface area contributed by atoms with Gasteiger partial charge >= 0.3 is 12.0 Å². The van der Waals surface area contributed by atoms with Crippen LogP contribution in [0.15, 0.2) is 0 Å². The van der Waals surface area contributed by atoms with Crippen LogP contribution in [0.1, 0.15) is 41.0 Å². The Morgan fingerprint density at radius 3 is 2.45 bits per heavy atom. The Balaban J connectivity index is 2.97. The number of carbonyl (C=O) groups excluding carboxylic acids is 1. The molecule has 1 N–H and O–H groups in total. The molecule has 0 bridgehead atoms. The number of hydrogen-bond donors (Lipinski definition) is 1. The predicted molar refractivity (Wildman–Crippen MR) is 75.7 cm³/mol. The molecule has 1 aliphatic rings. The van der Waals surface area contributed by atoms with Crippen LogP contribution in [0, 0.1) is 0 Å². The molecule has 1 heterocycles. The van der Waals surface area contributed by atoms with Gasteiger partial charge in [0, 0.05) is 13.1 Å². The van der Waals surface area contributed by atoms with Crippen molar-refractivity contribution in [2.24, 2.45) is 0 Å². The number of morpholine rings is 1. The molecule has 2 unspecified atom stereocenters. The van der Waals surface area contributed by atoms with Gasteiger partial charge in [0.25, 0.3) is 0 Å². The Bertz CT molecular complexity index is 370. The van der Waals surface area contributed by atoms with Gasteiger partial charge in [0.1, 0.15) is 5.54 Å². The van der Waals surface area contributed by atoms with Crippen LogP contribution in [0.3, 0.4) is 0 Å². The summed E-state index contributed by atoms with van der Waals surface area (Å²) in [5.41, 5.74) is -1.22. The highest BCUT2D eigenvalue weighted by atomic mass is 16.5. The normalized spacial score (nSPS) is 23.6. The molecular weight excluding hydrogens is 260 g/mol. The Kier molecular flexibility index (Phi) is 5.39. The standard InChI is InChI=1S/C14H26N2O4/c1-6-11-9-20-10(3)8-15(11)13(19)16(7-2)14(4,5)12(17)18/h10-11H,6-9H2,1-5H3,(H,17,18). The number of carboxylic acid groups (broad SMARTS) is 1. The summed E-state index contributed by atoms with van der Waals surface area (Å²) < 4.78 is 5.58. The Morgan fingerprint density at radius 2 is 2.00 bits per heavy atom. The van der Waals surface area contributed by atoms with Crippen LogP contribution in [-0.4, -0.2) is 64.3 Å². The van der Waals surface area contributed by atoms with Crippen LogP contribution in [0.5, 0.6) is 0 Å². The lowest BCUT2D eigenvalue weighted by Crippen LogP contribution is -2.61. The maximum absolute atomic E-state index is 12.7. The quantitative estimate of drug-likeness (QED) is 0.855. The molecule has 20 heavy (non-hydrogen) atoms. The zero-order chi connectivity index (χ0) is 15.5. The number of rotatable bonds is 4. The van der Waals surface area contributed by atoms with Gasteiger partial charge in [-0.05, 0) is 34.1 Å². The molecule has 1 saturated heterocycles. The zero-order valence-corrected chi connectivity index (χ0v) is 13.0. The van der Waals surface area contributed by atoms with Gasteiger partial charge in [0.05, 0.1) is 18.8 Å². The second-order valence-corrected chi connectivity index (χ2v) is 5.75. The minimum absolute atomic E-state index is 0.0114. The molecule has 2 atom stereocenters. The molecule has 0 spiro atoms. The second-order valence-electron chi connectivity index (χ2n) is 5.75. The summed E-state index contributed by atoms with van der Waals surface area (Å²) in [7, 11) is 0. The molecule has 0 radical (unpaired) electrons. The summed E-state index contributed by atoms with van der Waals surface area (Å²) in [5, 5.41) is 9.33. The molecule has 0 aliphatic carbocycles. The number of amides is 2. The van der Waals surface area contributed by atoms with E-state index in [4.69, 9.17) is 4.74 Å². The molecule has 1 fully saturated rings. The molecule has 0 aromatic rings. The number of ether oxygens (including phenoxy) is 1. The van der Waals surface area contributed by atoms with Crippen molar-refractivity contribution < 1.29 is 19.4 Å². The lowest BCUT2D eigenvalue weighted by molar-refractivity contribution is -0.148. The van der Waals surface area contributed by atoms with E-state index in [9.17, 15) is 14.7 Å². The van der Waals surface area contributed by atoms with Gasteiger partial charge in [-0.1, -0.05) is 6.92 Å². The number of aliphatic carboxylic acids is 1. The zero-order valence-electron chi connectivity index (χ0n) is 13.0. The summed E-state index contributed by atoms with van der Waals surface area (Å²) in [5.74, 6) is -0.998. The monoisotopic (exact) mass is 286 g/mol. The van der Waals surface area contributed by atoms with E-state index in [0.29, 0.717) is 19.7 Å². The first kappa shape index (κ1) is 16.8. The number of hydrogen-bond acceptors (Lipinski definition) is 3. The molecular formula is C14H26N2O4. The first-order chi connectivity index (χ1) is 9.25. The van der Waals surface area contributed by atoms with Gasteiger partial charge < -0.3 is 19.6 Å². The first-order valence-corrected chi connectivity index (χ1v) is 7.18. The number of urea groups is 1. The fourth-order valence-corrected chi connectivity index (χ4v) is 2.46. The van der Waals surface area contributed by atoms with Crippen molar-refractivity contribution in [1.29, 1.82) is 0 Å². The summed E-state index contributed by atoms with van der Waals surface area (Å²) in [6, 6.07) is -0.209. The Morgan fingerprint density at radius 1 is 1.40 bits per heavy atom. The van der Waals surface area contributed by atoms with E-state index in [1.54, 1.807) is 25.7 Å². The van der Waals surface area contributed by atoms with Crippen LogP contribution < -0.4 is 0 Å². The van der Waals surface area contributed by atoms with Crippen molar-refractivity contribution in [3.8, 4) is 0 Å². The summed E-state index contributed by atoms with van der Waals surface area (Å²) in [6.07, 6.45) is 0.775. The minimum atomic E-state index is -1.22. The third-order valence-electron chi connectivity index (χ3n) is 3.93. The highest BCUT2D eigenvalue weighted by Gasteiger charge is 2.41. The van der Waals surface area contributed by atoms with Gasteiger partial charge in [-0.2, -0.15) is 0 Å². The lowest BCUT2D eigenvalue weighted by Gasteiger charge is -2.44. The first-order valence-electron chi connectivity index (χ1n) is 7.18. The molecule has 2 amide bonds. The van der Waals surface area contributed by atoms with Crippen molar-refractivity contribution in [2.75, 3.05) is 19.7 Å². The number of nitrogens with zero attached hydrogens (tertiary/aromatic N) is 2. The van der Waals surface area contributed by atoms with Gasteiger partial charge in [0.15, 0.2) is 0 Å². The van der Waals surface area contributed by atoms with E-state index >= 15 is 0 Å². The highest BCUT2D eigenvalue weighted by molar-refractivity contribution is 5.85. The van der Waals surface area contributed by atoms with E-state index in [-0.39, 0.29) is 18.2 Å². The topological polar surface area (TPSA) is 70.1 Å². The molecule has 1 rings (SSSR count). The lowest BCUT2D eigenvalue weighted by atomic mass is 10.0. The van der Waals surface area contributed by atoms with Crippen LogP contribution in [0.2, 0.25) is 0 Å². The summed E-state index contributed by atoms with van der Waals surface area (Å²) >= 11 is 0. The van der Waals surface area contributed by atoms with E-state index in [0.717, 1.165) is 6.42 Å². The number of likely N-dealkylation sites (N-methyl/N-ethyl adjacent to an activating group) is 1. The van der Waals surface area contributed by atoms with Gasteiger partial charge in [-0.15, -0.1) is 0 Å². The van der Waals surface area contributed by atoms with Gasteiger partial charge in [0.2, 0.25) is 0 Å². The maximum atomic E-state index is 12.7. The third-order valence-corrected chi connectivity index (χ3v) is 3.93. The fraction of sp³-hybridized carbons (Fsp3) is 0.857.